The number of anilines is 1. The number of rotatable bonds is 10. The molecule has 1 aliphatic carbocycles. The van der Waals surface area contributed by atoms with E-state index in [0.717, 1.165) is 42.0 Å². The van der Waals surface area contributed by atoms with Crippen molar-refractivity contribution in [3.8, 4) is 0 Å². The molecule has 1 N–H and O–H groups in total. The lowest BCUT2D eigenvalue weighted by atomic mass is 9.95. The highest BCUT2D eigenvalue weighted by atomic mass is 35.5. The van der Waals surface area contributed by atoms with Crippen LogP contribution in [0.15, 0.2) is 83.8 Å². The van der Waals surface area contributed by atoms with Crippen molar-refractivity contribution < 1.29 is 18.0 Å². The molecule has 0 radical (unpaired) electrons. The van der Waals surface area contributed by atoms with Gasteiger partial charge in [0, 0.05) is 17.6 Å². The van der Waals surface area contributed by atoms with E-state index in [1.165, 1.54) is 17.0 Å². The maximum absolute atomic E-state index is 14.1. The minimum Gasteiger partial charge on any atom is -0.352 e. The Morgan fingerprint density at radius 1 is 0.950 bits per heavy atom. The highest BCUT2D eigenvalue weighted by molar-refractivity contribution is 7.92. The van der Waals surface area contributed by atoms with E-state index in [0.29, 0.717) is 16.3 Å². The standard InChI is InChI=1S/C31H36ClN3O4S/c1-23-12-9-10-19-29(23)35(40(38,39)28-17-7-4-8-18-28)22-30(36)34(21-25-13-11-14-26(32)20-25)24(2)31(37)33-27-15-5-3-6-16-27/h4,7-14,17-20,24,27H,3,5-6,15-16,21-22H2,1-2H3,(H,33,37)/t24-/m0/s1. The van der Waals surface area contributed by atoms with Crippen molar-refractivity contribution >= 4 is 39.1 Å². The van der Waals surface area contributed by atoms with E-state index in [2.05, 4.69) is 5.32 Å². The molecule has 1 saturated carbocycles. The molecule has 1 fully saturated rings. The molecule has 40 heavy (non-hydrogen) atoms. The Hall–Kier alpha value is -3.36. The van der Waals surface area contributed by atoms with Crippen molar-refractivity contribution in [1.29, 1.82) is 0 Å². The fraction of sp³-hybridized carbons (Fsp3) is 0.355. The average Bonchev–Trinajstić information content (AvgIpc) is 2.95. The quantitative estimate of drug-likeness (QED) is 0.332. The third-order valence-corrected chi connectivity index (χ3v) is 9.36. The number of aryl methyl sites for hydroxylation is 1. The lowest BCUT2D eigenvalue weighted by Crippen LogP contribution is -2.53. The highest BCUT2D eigenvalue weighted by Gasteiger charge is 2.33. The molecule has 2 amide bonds. The van der Waals surface area contributed by atoms with E-state index >= 15 is 0 Å². The van der Waals surface area contributed by atoms with Crippen LogP contribution in [0.3, 0.4) is 0 Å². The topological polar surface area (TPSA) is 86.8 Å². The molecule has 0 aliphatic heterocycles. The predicted molar refractivity (Wildman–Crippen MR) is 159 cm³/mol. The zero-order chi connectivity index (χ0) is 28.7. The Balaban J connectivity index is 1.68. The van der Waals surface area contributed by atoms with Crippen molar-refractivity contribution in [3.05, 3.63) is 95.0 Å². The molecule has 0 unspecified atom stereocenters. The van der Waals surface area contributed by atoms with Crippen LogP contribution in [-0.4, -0.2) is 43.8 Å². The first-order chi connectivity index (χ1) is 19.2. The van der Waals surface area contributed by atoms with E-state index in [1.54, 1.807) is 68.4 Å². The summed E-state index contributed by atoms with van der Waals surface area (Å²) < 4.78 is 28.9. The van der Waals surface area contributed by atoms with Crippen LogP contribution < -0.4 is 9.62 Å². The Morgan fingerprint density at radius 2 is 1.62 bits per heavy atom. The van der Waals surface area contributed by atoms with Crippen LogP contribution >= 0.6 is 11.6 Å². The molecule has 9 heteroatoms. The minimum absolute atomic E-state index is 0.0775. The second-order valence-electron chi connectivity index (χ2n) is 10.3. The van der Waals surface area contributed by atoms with Crippen LogP contribution in [0.25, 0.3) is 0 Å². The van der Waals surface area contributed by atoms with Crippen LogP contribution in [0.4, 0.5) is 5.69 Å². The van der Waals surface area contributed by atoms with E-state index in [9.17, 15) is 18.0 Å². The Morgan fingerprint density at radius 3 is 2.30 bits per heavy atom. The number of nitrogens with one attached hydrogen (secondary N) is 1. The molecule has 0 aromatic heterocycles. The van der Waals surface area contributed by atoms with Crippen molar-refractivity contribution in [2.24, 2.45) is 0 Å². The van der Waals surface area contributed by atoms with Gasteiger partial charge in [-0.3, -0.25) is 13.9 Å². The smallest absolute Gasteiger partial charge is 0.264 e. The minimum atomic E-state index is -4.09. The summed E-state index contributed by atoms with van der Waals surface area (Å²) in [4.78, 5) is 28.9. The number of benzene rings is 3. The first-order valence-electron chi connectivity index (χ1n) is 13.6. The lowest BCUT2D eigenvalue weighted by Gasteiger charge is -2.33. The number of carbonyl (C=O) groups excluding carboxylic acids is 2. The molecule has 0 bridgehead atoms. The van der Waals surface area contributed by atoms with E-state index in [4.69, 9.17) is 11.6 Å². The van der Waals surface area contributed by atoms with Crippen molar-refractivity contribution in [2.75, 3.05) is 10.8 Å². The monoisotopic (exact) mass is 581 g/mol. The van der Waals surface area contributed by atoms with Gasteiger partial charge >= 0.3 is 0 Å². The molecule has 1 aliphatic rings. The lowest BCUT2D eigenvalue weighted by molar-refractivity contribution is -0.139. The Labute approximate surface area is 242 Å². The molecular formula is C31H36ClN3O4S. The van der Waals surface area contributed by atoms with Crippen LogP contribution in [0.1, 0.15) is 50.2 Å². The third-order valence-electron chi connectivity index (χ3n) is 7.36. The van der Waals surface area contributed by atoms with Gasteiger partial charge < -0.3 is 10.2 Å². The van der Waals surface area contributed by atoms with Gasteiger partial charge in [-0.25, -0.2) is 8.42 Å². The maximum atomic E-state index is 14.1. The summed E-state index contributed by atoms with van der Waals surface area (Å²) in [5, 5.41) is 3.62. The van der Waals surface area contributed by atoms with Crippen LogP contribution in [0.5, 0.6) is 0 Å². The third kappa shape index (κ3) is 7.23. The van der Waals surface area contributed by atoms with Crippen molar-refractivity contribution in [2.45, 2.75) is 69.5 Å². The number of hydrogen-bond acceptors (Lipinski definition) is 4. The zero-order valence-corrected chi connectivity index (χ0v) is 24.5. The van der Waals surface area contributed by atoms with Gasteiger partial charge in [0.05, 0.1) is 10.6 Å². The molecule has 0 heterocycles. The van der Waals surface area contributed by atoms with Crippen molar-refractivity contribution in [3.63, 3.8) is 0 Å². The number of carbonyl (C=O) groups is 2. The second-order valence-corrected chi connectivity index (χ2v) is 12.6. The summed E-state index contributed by atoms with van der Waals surface area (Å²) in [5.41, 5.74) is 1.85. The van der Waals surface area contributed by atoms with Crippen molar-refractivity contribution in [1.82, 2.24) is 10.2 Å². The molecule has 0 spiro atoms. The number of nitrogens with zero attached hydrogens (tertiary/aromatic N) is 2. The molecule has 1 atom stereocenters. The zero-order valence-electron chi connectivity index (χ0n) is 22.9. The summed E-state index contributed by atoms with van der Waals surface area (Å²) in [6.07, 6.45) is 5.11. The number of halogens is 1. The number of hydrogen-bond donors (Lipinski definition) is 1. The van der Waals surface area contributed by atoms with Gasteiger partial charge in [-0.05, 0) is 68.1 Å². The van der Waals surface area contributed by atoms with Gasteiger partial charge in [0.15, 0.2) is 0 Å². The maximum Gasteiger partial charge on any atom is 0.264 e. The molecule has 0 saturated heterocycles. The summed E-state index contributed by atoms with van der Waals surface area (Å²) in [6, 6.07) is 21.4. The normalized spacial score (nSPS) is 14.8. The van der Waals surface area contributed by atoms with Crippen LogP contribution in [0.2, 0.25) is 5.02 Å². The number of para-hydroxylation sites is 1. The molecule has 3 aromatic rings. The largest absolute Gasteiger partial charge is 0.352 e. The molecule has 4 rings (SSSR count). The second kappa shape index (κ2) is 13.3. The van der Waals surface area contributed by atoms with Gasteiger partial charge in [0.1, 0.15) is 12.6 Å². The van der Waals surface area contributed by atoms with E-state index in [-0.39, 0.29) is 23.4 Å². The molecular weight excluding hydrogens is 546 g/mol. The first-order valence-corrected chi connectivity index (χ1v) is 15.5. The Kier molecular flexibility index (Phi) is 9.87. The van der Waals surface area contributed by atoms with Gasteiger partial charge in [0.2, 0.25) is 11.8 Å². The molecule has 3 aromatic carbocycles. The van der Waals surface area contributed by atoms with Gasteiger partial charge in [-0.15, -0.1) is 0 Å². The van der Waals surface area contributed by atoms with Gasteiger partial charge in [0.25, 0.3) is 10.0 Å². The Bertz CT molecular complexity index is 1430. The summed E-state index contributed by atoms with van der Waals surface area (Å²) in [6.45, 7) is 3.12. The summed E-state index contributed by atoms with van der Waals surface area (Å²) >= 11 is 6.22. The van der Waals surface area contributed by atoms with E-state index < -0.39 is 28.5 Å². The van der Waals surface area contributed by atoms with Gasteiger partial charge in [-0.1, -0.05) is 79.4 Å². The summed E-state index contributed by atoms with van der Waals surface area (Å²) in [7, 11) is -4.09. The SMILES string of the molecule is Cc1ccccc1N(CC(=O)N(Cc1cccc(Cl)c1)[C@@H](C)C(=O)NC1CCCCC1)S(=O)(=O)c1ccccc1. The van der Waals surface area contributed by atoms with Crippen LogP contribution in [0, 0.1) is 6.92 Å². The average molecular weight is 582 g/mol. The summed E-state index contributed by atoms with van der Waals surface area (Å²) in [5.74, 6) is -0.746. The highest BCUT2D eigenvalue weighted by Crippen LogP contribution is 2.27. The fourth-order valence-corrected chi connectivity index (χ4v) is 6.77. The predicted octanol–water partition coefficient (Wildman–Crippen LogP) is 5.71. The number of amides is 2. The molecule has 7 nitrogen and oxygen atoms in total. The first kappa shape index (κ1) is 29.6. The fourth-order valence-electron chi connectivity index (χ4n) is 5.06. The number of sulfonamides is 1. The molecule has 212 valence electrons. The van der Waals surface area contributed by atoms with E-state index in [1.807, 2.05) is 12.1 Å². The van der Waals surface area contributed by atoms with Gasteiger partial charge in [-0.2, -0.15) is 0 Å². The van der Waals surface area contributed by atoms with Crippen LogP contribution in [-0.2, 0) is 26.2 Å².